The number of allylic oxidation sites excluding steroid dienone is 2. The number of aliphatic carboxylic acids is 1. The number of anilines is 1. The quantitative estimate of drug-likeness (QED) is 0.336. The first-order valence-electron chi connectivity index (χ1n) is 7.08. The molecule has 1 amide bonds. The zero-order chi connectivity index (χ0) is 16.7. The van der Waals surface area contributed by atoms with Gasteiger partial charge in [0.1, 0.15) is 5.75 Å². The minimum Gasteiger partial charge on any atom is -0.506 e. The van der Waals surface area contributed by atoms with Crippen molar-refractivity contribution in [1.29, 1.82) is 0 Å². The van der Waals surface area contributed by atoms with Gasteiger partial charge in [0.05, 0.1) is 28.5 Å². The largest absolute Gasteiger partial charge is 0.506 e. The molecule has 1 aromatic rings. The molecule has 0 spiro atoms. The fourth-order valence-electron chi connectivity index (χ4n) is 3.47. The molecule has 23 heavy (non-hydrogen) atoms. The summed E-state index contributed by atoms with van der Waals surface area (Å²) in [5.41, 5.74) is -0.275. The molecule has 0 unspecified atom stereocenters. The van der Waals surface area contributed by atoms with Gasteiger partial charge in [0.2, 0.25) is 5.91 Å². The van der Waals surface area contributed by atoms with Gasteiger partial charge in [-0.25, -0.2) is 0 Å². The van der Waals surface area contributed by atoms with E-state index in [0.717, 1.165) is 12.1 Å². The first-order valence-corrected chi connectivity index (χ1v) is 7.08. The Morgan fingerprint density at radius 1 is 1.22 bits per heavy atom. The minimum atomic E-state index is -1.02. The molecule has 1 aromatic carbocycles. The van der Waals surface area contributed by atoms with Crippen LogP contribution in [0.5, 0.6) is 5.75 Å². The molecule has 120 valence electrons. The number of carbonyl (C=O) groups is 2. The summed E-state index contributed by atoms with van der Waals surface area (Å²) in [4.78, 5) is 33.8. The zero-order valence-corrected chi connectivity index (χ0v) is 11.9. The average Bonchev–Trinajstić information content (AvgIpc) is 3.09. The van der Waals surface area contributed by atoms with Crippen molar-refractivity contribution in [2.75, 3.05) is 5.32 Å². The highest BCUT2D eigenvalue weighted by atomic mass is 16.6. The van der Waals surface area contributed by atoms with Crippen LogP contribution in [0.15, 0.2) is 30.4 Å². The summed E-state index contributed by atoms with van der Waals surface area (Å²) < 4.78 is 0. The van der Waals surface area contributed by atoms with Gasteiger partial charge in [-0.05, 0) is 24.3 Å². The van der Waals surface area contributed by atoms with E-state index in [1.165, 1.54) is 6.07 Å². The summed E-state index contributed by atoms with van der Waals surface area (Å²) in [6.07, 6.45) is 4.31. The maximum Gasteiger partial charge on any atom is 0.307 e. The van der Waals surface area contributed by atoms with Crippen LogP contribution in [0.2, 0.25) is 0 Å². The highest BCUT2D eigenvalue weighted by Crippen LogP contribution is 2.48. The number of hydrogen-bond acceptors (Lipinski definition) is 5. The van der Waals surface area contributed by atoms with E-state index in [0.29, 0.717) is 6.42 Å². The zero-order valence-electron chi connectivity index (χ0n) is 11.9. The normalized spacial score (nSPS) is 27.8. The summed E-state index contributed by atoms with van der Waals surface area (Å²) in [5, 5.41) is 32.2. The molecule has 0 aromatic heterocycles. The minimum absolute atomic E-state index is 0.0245. The van der Waals surface area contributed by atoms with Crippen molar-refractivity contribution in [3.05, 3.63) is 40.5 Å². The van der Waals surface area contributed by atoms with E-state index < -0.39 is 34.4 Å². The Morgan fingerprint density at radius 2 is 1.87 bits per heavy atom. The van der Waals surface area contributed by atoms with Gasteiger partial charge in [0, 0.05) is 6.07 Å². The van der Waals surface area contributed by atoms with Gasteiger partial charge in [0.15, 0.2) is 0 Å². The maximum atomic E-state index is 12.4. The lowest BCUT2D eigenvalue weighted by molar-refractivity contribution is -0.384. The molecule has 3 N–H and O–H groups in total. The number of amides is 1. The smallest absolute Gasteiger partial charge is 0.307 e. The van der Waals surface area contributed by atoms with Crippen LogP contribution in [-0.2, 0) is 9.59 Å². The summed E-state index contributed by atoms with van der Waals surface area (Å²) in [5.74, 6) is -3.74. The highest BCUT2D eigenvalue weighted by Gasteiger charge is 2.51. The molecule has 2 aliphatic carbocycles. The van der Waals surface area contributed by atoms with Gasteiger partial charge >= 0.3 is 5.97 Å². The number of fused-ring (bicyclic) bond motifs is 2. The van der Waals surface area contributed by atoms with E-state index in [4.69, 9.17) is 0 Å². The fourth-order valence-corrected chi connectivity index (χ4v) is 3.47. The number of benzene rings is 1. The van der Waals surface area contributed by atoms with Crippen molar-refractivity contribution >= 4 is 23.3 Å². The second-order valence-electron chi connectivity index (χ2n) is 5.79. The van der Waals surface area contributed by atoms with Gasteiger partial charge in [-0.1, -0.05) is 12.2 Å². The molecule has 0 heterocycles. The Hall–Kier alpha value is -2.90. The van der Waals surface area contributed by atoms with Crippen molar-refractivity contribution in [1.82, 2.24) is 0 Å². The van der Waals surface area contributed by atoms with E-state index in [1.807, 2.05) is 12.2 Å². The highest BCUT2D eigenvalue weighted by molar-refractivity contribution is 5.97. The Labute approximate surface area is 130 Å². The van der Waals surface area contributed by atoms with Crippen molar-refractivity contribution in [3.8, 4) is 5.75 Å². The fraction of sp³-hybridized carbons (Fsp3) is 0.333. The third kappa shape index (κ3) is 2.52. The Morgan fingerprint density at radius 3 is 2.43 bits per heavy atom. The molecule has 8 nitrogen and oxygen atoms in total. The number of rotatable bonds is 4. The Kier molecular flexibility index (Phi) is 3.51. The number of carboxylic acids is 1. The lowest BCUT2D eigenvalue weighted by Gasteiger charge is -2.24. The second-order valence-corrected chi connectivity index (χ2v) is 5.79. The van der Waals surface area contributed by atoms with Gasteiger partial charge in [0.25, 0.3) is 5.69 Å². The number of nitrogens with zero attached hydrogens (tertiary/aromatic N) is 1. The molecule has 2 bridgehead atoms. The summed E-state index contributed by atoms with van der Waals surface area (Å²) in [6.45, 7) is 0. The van der Waals surface area contributed by atoms with Crippen LogP contribution in [0.25, 0.3) is 0 Å². The lowest BCUT2D eigenvalue weighted by Crippen LogP contribution is -2.36. The monoisotopic (exact) mass is 318 g/mol. The van der Waals surface area contributed by atoms with E-state index in [9.17, 15) is 29.9 Å². The number of phenols is 1. The molecular formula is C15H14N2O6. The van der Waals surface area contributed by atoms with Crippen LogP contribution in [0.3, 0.4) is 0 Å². The SMILES string of the molecule is O=C(Nc1ccc([N+](=O)[O-])cc1O)[C@@H]1[C@H](C(=O)O)[C@H]2C=C[C@H]1C2. The van der Waals surface area contributed by atoms with Crippen LogP contribution in [-0.4, -0.2) is 27.0 Å². The standard InChI is InChI=1S/C15H14N2O6/c18-11-6-9(17(22)23)3-4-10(11)16-14(19)12-7-1-2-8(5-7)13(12)15(20)21/h1-4,6-8,12-13,18H,5H2,(H,16,19)(H,20,21)/t7-,8-,12-,13+/m0/s1. The molecule has 1 saturated carbocycles. The van der Waals surface area contributed by atoms with Crippen molar-refractivity contribution in [3.63, 3.8) is 0 Å². The van der Waals surface area contributed by atoms with Gasteiger partial charge in [-0.2, -0.15) is 0 Å². The van der Waals surface area contributed by atoms with E-state index in [1.54, 1.807) is 0 Å². The third-order valence-electron chi connectivity index (χ3n) is 4.50. The average molecular weight is 318 g/mol. The number of carboxylic acid groups (broad SMARTS) is 1. The first-order chi connectivity index (χ1) is 10.9. The number of hydrogen-bond donors (Lipinski definition) is 3. The lowest BCUT2D eigenvalue weighted by atomic mass is 9.82. The molecule has 0 saturated heterocycles. The molecular weight excluding hydrogens is 304 g/mol. The van der Waals surface area contributed by atoms with Crippen molar-refractivity contribution in [2.45, 2.75) is 6.42 Å². The van der Waals surface area contributed by atoms with Crippen LogP contribution in [0.4, 0.5) is 11.4 Å². The maximum absolute atomic E-state index is 12.4. The second kappa shape index (κ2) is 5.38. The summed E-state index contributed by atoms with van der Waals surface area (Å²) in [7, 11) is 0. The van der Waals surface area contributed by atoms with Crippen molar-refractivity contribution in [2.24, 2.45) is 23.7 Å². The molecule has 0 radical (unpaired) electrons. The van der Waals surface area contributed by atoms with Crippen LogP contribution in [0.1, 0.15) is 6.42 Å². The topological polar surface area (TPSA) is 130 Å². The molecule has 3 rings (SSSR count). The van der Waals surface area contributed by atoms with E-state index in [2.05, 4.69) is 5.32 Å². The summed E-state index contributed by atoms with van der Waals surface area (Å²) in [6, 6.07) is 3.32. The van der Waals surface area contributed by atoms with Crippen LogP contribution < -0.4 is 5.32 Å². The molecule has 4 atom stereocenters. The first kappa shape index (κ1) is 15.0. The van der Waals surface area contributed by atoms with Crippen LogP contribution in [0, 0.1) is 33.8 Å². The number of non-ortho nitro benzene ring substituents is 1. The molecule has 1 fully saturated rings. The number of nitro benzene ring substituents is 1. The van der Waals surface area contributed by atoms with Gasteiger partial charge in [-0.3, -0.25) is 19.7 Å². The Balaban J connectivity index is 1.81. The van der Waals surface area contributed by atoms with E-state index in [-0.39, 0.29) is 23.2 Å². The number of nitrogens with one attached hydrogen (secondary N) is 1. The number of phenolic OH excluding ortho intramolecular Hbond substituents is 1. The molecule has 0 aliphatic heterocycles. The molecule has 8 heteroatoms. The van der Waals surface area contributed by atoms with Gasteiger partial charge in [-0.15, -0.1) is 0 Å². The molecule has 2 aliphatic rings. The number of nitro groups is 1. The Bertz CT molecular complexity index is 729. The predicted molar refractivity (Wildman–Crippen MR) is 78.7 cm³/mol. The predicted octanol–water partition coefficient (Wildman–Crippen LogP) is 1.76. The van der Waals surface area contributed by atoms with E-state index >= 15 is 0 Å². The number of aromatic hydroxyl groups is 1. The van der Waals surface area contributed by atoms with Gasteiger partial charge < -0.3 is 15.5 Å². The third-order valence-corrected chi connectivity index (χ3v) is 4.50. The number of carbonyl (C=O) groups excluding carboxylic acids is 1. The van der Waals surface area contributed by atoms with Crippen molar-refractivity contribution < 1.29 is 24.7 Å². The van der Waals surface area contributed by atoms with Crippen LogP contribution >= 0.6 is 0 Å². The summed E-state index contributed by atoms with van der Waals surface area (Å²) >= 11 is 0.